The summed E-state index contributed by atoms with van der Waals surface area (Å²) >= 11 is 12.1. The van der Waals surface area contributed by atoms with Crippen LogP contribution in [0.5, 0.6) is 0 Å². The van der Waals surface area contributed by atoms with Crippen LogP contribution >= 0.6 is 23.2 Å². The van der Waals surface area contributed by atoms with E-state index >= 15 is 0 Å². The van der Waals surface area contributed by atoms with Crippen molar-refractivity contribution < 1.29 is 9.59 Å². The second-order valence-corrected chi connectivity index (χ2v) is 6.71. The molecule has 2 aromatic carbocycles. The Balaban J connectivity index is 2.05. The number of benzene rings is 2. The lowest BCUT2D eigenvalue weighted by molar-refractivity contribution is -0.117. The predicted molar refractivity (Wildman–Crippen MR) is 104 cm³/mol. The number of aryl methyl sites for hydroxylation is 2. The van der Waals surface area contributed by atoms with E-state index in [0.29, 0.717) is 21.4 Å². The summed E-state index contributed by atoms with van der Waals surface area (Å²) in [5.74, 6) is -0.332. The zero-order chi connectivity index (χ0) is 18.6. The molecular weight excluding hydrogens is 359 g/mol. The number of nitrogens with zero attached hydrogens (tertiary/aromatic N) is 1. The van der Waals surface area contributed by atoms with Crippen LogP contribution in [-0.2, 0) is 9.59 Å². The van der Waals surface area contributed by atoms with Crippen molar-refractivity contribution >= 4 is 46.4 Å². The quantitative estimate of drug-likeness (QED) is 0.796. The maximum absolute atomic E-state index is 12.2. The van der Waals surface area contributed by atoms with Gasteiger partial charge in [0.25, 0.3) is 0 Å². The van der Waals surface area contributed by atoms with Gasteiger partial charge in [0.1, 0.15) is 0 Å². The van der Waals surface area contributed by atoms with Gasteiger partial charge in [0.05, 0.1) is 0 Å². The molecule has 0 aromatic heterocycles. The molecule has 0 spiro atoms. The zero-order valence-corrected chi connectivity index (χ0v) is 15.9. The fraction of sp³-hybridized carbons (Fsp3) is 0.263. The lowest BCUT2D eigenvalue weighted by Crippen LogP contribution is -2.32. The van der Waals surface area contributed by atoms with Crippen LogP contribution in [0.3, 0.4) is 0 Å². The summed E-state index contributed by atoms with van der Waals surface area (Å²) in [6.45, 7) is 5.51. The molecular formula is C19H20Cl2N2O2. The van der Waals surface area contributed by atoms with Gasteiger partial charge in [-0.25, -0.2) is 0 Å². The van der Waals surface area contributed by atoms with Gasteiger partial charge in [0.2, 0.25) is 11.8 Å². The second-order valence-electron chi connectivity index (χ2n) is 5.86. The molecule has 0 saturated carbocycles. The molecule has 0 radical (unpaired) electrons. The second kappa shape index (κ2) is 8.37. The van der Waals surface area contributed by atoms with E-state index in [0.717, 1.165) is 11.1 Å². The molecule has 0 bridgehead atoms. The molecule has 0 aliphatic carbocycles. The number of nitrogens with one attached hydrogen (secondary N) is 1. The number of carbonyl (C=O) groups is 2. The minimum atomic E-state index is -0.185. The van der Waals surface area contributed by atoms with Crippen LogP contribution in [0.4, 0.5) is 11.4 Å². The van der Waals surface area contributed by atoms with Crippen molar-refractivity contribution in [3.63, 3.8) is 0 Å². The molecule has 2 aromatic rings. The third-order valence-corrected chi connectivity index (χ3v) is 4.53. The first-order valence-electron chi connectivity index (χ1n) is 7.88. The molecule has 0 saturated heterocycles. The van der Waals surface area contributed by atoms with Crippen LogP contribution < -0.4 is 10.2 Å². The molecule has 25 heavy (non-hydrogen) atoms. The Labute approximate surface area is 157 Å². The van der Waals surface area contributed by atoms with E-state index in [-0.39, 0.29) is 24.8 Å². The van der Waals surface area contributed by atoms with Crippen molar-refractivity contribution in [2.24, 2.45) is 0 Å². The molecule has 6 heteroatoms. The van der Waals surface area contributed by atoms with Crippen LogP contribution in [0.25, 0.3) is 0 Å². The number of amides is 2. The molecule has 0 fully saturated rings. The van der Waals surface area contributed by atoms with Crippen LogP contribution in [0.2, 0.25) is 10.0 Å². The van der Waals surface area contributed by atoms with Gasteiger partial charge in [0.15, 0.2) is 0 Å². The SMILES string of the molecule is CC(=O)N(CCC(=O)Nc1cc(Cl)ccc1C)c1ccc(C)c(Cl)c1. The molecule has 0 atom stereocenters. The van der Waals surface area contributed by atoms with Gasteiger partial charge >= 0.3 is 0 Å². The normalized spacial score (nSPS) is 10.4. The third kappa shape index (κ3) is 5.21. The summed E-state index contributed by atoms with van der Waals surface area (Å²) in [6, 6.07) is 10.7. The fourth-order valence-corrected chi connectivity index (χ4v) is 2.72. The largest absolute Gasteiger partial charge is 0.326 e. The van der Waals surface area contributed by atoms with E-state index in [1.807, 2.05) is 32.0 Å². The van der Waals surface area contributed by atoms with Crippen LogP contribution in [0, 0.1) is 13.8 Å². The third-order valence-electron chi connectivity index (χ3n) is 3.88. The maximum atomic E-state index is 12.2. The molecule has 0 heterocycles. The van der Waals surface area contributed by atoms with Gasteiger partial charge in [0, 0.05) is 41.3 Å². The average molecular weight is 379 g/mol. The number of hydrogen-bond donors (Lipinski definition) is 1. The molecule has 0 unspecified atom stereocenters. The first-order valence-corrected chi connectivity index (χ1v) is 8.64. The maximum Gasteiger partial charge on any atom is 0.226 e. The van der Waals surface area contributed by atoms with Crippen LogP contribution in [0.15, 0.2) is 36.4 Å². The van der Waals surface area contributed by atoms with Crippen molar-refractivity contribution in [1.29, 1.82) is 0 Å². The number of hydrogen-bond acceptors (Lipinski definition) is 2. The molecule has 0 aliphatic heterocycles. The Morgan fingerprint density at radius 2 is 1.72 bits per heavy atom. The number of rotatable bonds is 5. The van der Waals surface area contributed by atoms with Gasteiger partial charge < -0.3 is 10.2 Å². The van der Waals surface area contributed by atoms with Gasteiger partial charge in [-0.1, -0.05) is 35.3 Å². The van der Waals surface area contributed by atoms with E-state index in [1.165, 1.54) is 11.8 Å². The number of anilines is 2. The summed E-state index contributed by atoms with van der Waals surface area (Å²) in [5.41, 5.74) is 3.20. The van der Waals surface area contributed by atoms with Crippen molar-refractivity contribution in [3.05, 3.63) is 57.6 Å². The summed E-state index contributed by atoms with van der Waals surface area (Å²) in [6.07, 6.45) is 0.164. The molecule has 0 aliphatic rings. The van der Waals surface area contributed by atoms with Gasteiger partial charge in [-0.2, -0.15) is 0 Å². The van der Waals surface area contributed by atoms with E-state index in [2.05, 4.69) is 5.32 Å². The van der Waals surface area contributed by atoms with Crippen molar-refractivity contribution in [3.8, 4) is 0 Å². The predicted octanol–water partition coefficient (Wildman–Crippen LogP) is 4.99. The van der Waals surface area contributed by atoms with Crippen molar-refractivity contribution in [1.82, 2.24) is 0 Å². The Bertz CT molecular complexity index is 806. The summed E-state index contributed by atoms with van der Waals surface area (Å²) in [4.78, 5) is 25.7. The standard InChI is InChI=1S/C19H20Cl2N2O2/c1-12-5-7-16(11-17(12)21)23(14(3)24)9-8-19(25)22-18-10-15(20)6-4-13(18)2/h4-7,10-11H,8-9H2,1-3H3,(H,22,25). The van der Waals surface area contributed by atoms with E-state index < -0.39 is 0 Å². The minimum Gasteiger partial charge on any atom is -0.326 e. The first kappa shape index (κ1) is 19.3. The molecule has 2 amide bonds. The molecule has 4 nitrogen and oxygen atoms in total. The van der Waals surface area contributed by atoms with Crippen LogP contribution in [0.1, 0.15) is 24.5 Å². The van der Waals surface area contributed by atoms with E-state index in [4.69, 9.17) is 23.2 Å². The highest BCUT2D eigenvalue weighted by atomic mass is 35.5. The number of carbonyl (C=O) groups excluding carboxylic acids is 2. The highest BCUT2D eigenvalue weighted by Gasteiger charge is 2.15. The smallest absolute Gasteiger partial charge is 0.226 e. The minimum absolute atomic E-state index is 0.147. The molecule has 2 rings (SSSR count). The van der Waals surface area contributed by atoms with Crippen LogP contribution in [-0.4, -0.2) is 18.4 Å². The topological polar surface area (TPSA) is 49.4 Å². The summed E-state index contributed by atoms with van der Waals surface area (Å²) < 4.78 is 0. The van der Waals surface area contributed by atoms with Gasteiger partial charge in [-0.05, 0) is 49.2 Å². The van der Waals surface area contributed by atoms with E-state index in [9.17, 15) is 9.59 Å². The Kier molecular flexibility index (Phi) is 6.45. The lowest BCUT2D eigenvalue weighted by Gasteiger charge is -2.21. The fourth-order valence-electron chi connectivity index (χ4n) is 2.37. The van der Waals surface area contributed by atoms with Crippen molar-refractivity contribution in [2.45, 2.75) is 27.2 Å². The number of halogens is 2. The van der Waals surface area contributed by atoms with Gasteiger partial charge in [-0.15, -0.1) is 0 Å². The first-order chi connectivity index (χ1) is 11.8. The Morgan fingerprint density at radius 1 is 1.04 bits per heavy atom. The summed E-state index contributed by atoms with van der Waals surface area (Å²) in [5, 5.41) is 3.97. The monoisotopic (exact) mass is 378 g/mol. The lowest BCUT2D eigenvalue weighted by atomic mass is 10.2. The average Bonchev–Trinajstić information content (AvgIpc) is 2.54. The highest BCUT2D eigenvalue weighted by molar-refractivity contribution is 6.31. The van der Waals surface area contributed by atoms with E-state index in [1.54, 1.807) is 18.2 Å². The Morgan fingerprint density at radius 3 is 2.36 bits per heavy atom. The highest BCUT2D eigenvalue weighted by Crippen LogP contribution is 2.24. The van der Waals surface area contributed by atoms with Gasteiger partial charge in [-0.3, -0.25) is 9.59 Å². The summed E-state index contributed by atoms with van der Waals surface area (Å²) in [7, 11) is 0. The zero-order valence-electron chi connectivity index (χ0n) is 14.4. The van der Waals surface area contributed by atoms with Crippen molar-refractivity contribution in [2.75, 3.05) is 16.8 Å². The Hall–Kier alpha value is -2.04. The molecule has 132 valence electrons. The molecule has 1 N–H and O–H groups in total.